The number of allylic oxidation sites excluding steroid dienone is 4. The van der Waals surface area contributed by atoms with E-state index < -0.39 is 0 Å². The Hall–Kier alpha value is -2.52. The average molecular weight is 417 g/mol. The number of anilines is 1. The zero-order valence-corrected chi connectivity index (χ0v) is 19.0. The van der Waals surface area contributed by atoms with Crippen LogP contribution < -0.4 is 10.2 Å². The van der Waals surface area contributed by atoms with Gasteiger partial charge in [0.1, 0.15) is 5.75 Å². The Kier molecular flexibility index (Phi) is 7.14. The van der Waals surface area contributed by atoms with Gasteiger partial charge in [-0.25, -0.2) is 0 Å². The summed E-state index contributed by atoms with van der Waals surface area (Å²) >= 11 is 0. The third-order valence-electron chi connectivity index (χ3n) is 6.77. The second-order valence-electron chi connectivity index (χ2n) is 8.52. The molecule has 1 saturated heterocycles. The first-order valence-corrected chi connectivity index (χ1v) is 12.0. The molecule has 3 aliphatic rings. The molecule has 0 spiro atoms. The predicted molar refractivity (Wildman–Crippen MR) is 131 cm³/mol. The normalized spacial score (nSPS) is 22.8. The molecule has 2 N–H and O–H groups in total. The molecule has 0 saturated carbocycles. The van der Waals surface area contributed by atoms with Crippen LogP contribution in [0.25, 0.3) is 0 Å². The minimum Gasteiger partial charge on any atom is -0.508 e. The van der Waals surface area contributed by atoms with Gasteiger partial charge in [0.2, 0.25) is 0 Å². The Balaban J connectivity index is 0.00000112. The van der Waals surface area contributed by atoms with Crippen molar-refractivity contribution in [3.63, 3.8) is 0 Å². The maximum atomic E-state index is 10.0. The number of nitrogens with zero attached hydrogens (tertiary/aromatic N) is 1. The first-order valence-electron chi connectivity index (χ1n) is 12.0. The van der Waals surface area contributed by atoms with Gasteiger partial charge in [-0.2, -0.15) is 0 Å². The fourth-order valence-electron chi connectivity index (χ4n) is 5.30. The van der Waals surface area contributed by atoms with Gasteiger partial charge in [-0.1, -0.05) is 50.3 Å². The summed E-state index contributed by atoms with van der Waals surface area (Å²) in [4.78, 5) is 2.47. The molecule has 0 bridgehead atoms. The SMILES string of the molecule is CC.Oc1ccc2c(c1)CCC(C1=CCCC=C1)C2c1ccc(N2CCNCC2)cc1. The number of piperazine rings is 1. The maximum Gasteiger partial charge on any atom is 0.115 e. The molecular weight excluding hydrogens is 380 g/mol. The lowest BCUT2D eigenvalue weighted by Crippen LogP contribution is -2.43. The number of aryl methyl sites for hydroxylation is 1. The van der Waals surface area contributed by atoms with Gasteiger partial charge in [0.15, 0.2) is 0 Å². The number of rotatable bonds is 3. The molecule has 0 aromatic heterocycles. The van der Waals surface area contributed by atoms with Crippen LogP contribution in [0, 0.1) is 5.92 Å². The van der Waals surface area contributed by atoms with E-state index in [0.29, 0.717) is 17.6 Å². The van der Waals surface area contributed by atoms with Crippen molar-refractivity contribution in [2.45, 2.75) is 45.4 Å². The molecule has 0 radical (unpaired) electrons. The first-order chi connectivity index (χ1) is 15.3. The second-order valence-corrected chi connectivity index (χ2v) is 8.52. The van der Waals surface area contributed by atoms with Crippen LogP contribution in [0.1, 0.15) is 55.7 Å². The number of hydrogen-bond acceptors (Lipinski definition) is 3. The van der Waals surface area contributed by atoms with Crippen LogP contribution in [0.15, 0.2) is 66.3 Å². The summed E-state index contributed by atoms with van der Waals surface area (Å²) in [7, 11) is 0. The van der Waals surface area contributed by atoms with Crippen molar-refractivity contribution in [3.8, 4) is 5.75 Å². The molecule has 5 rings (SSSR count). The van der Waals surface area contributed by atoms with Crippen LogP contribution in [-0.4, -0.2) is 31.3 Å². The van der Waals surface area contributed by atoms with Crippen LogP contribution in [-0.2, 0) is 6.42 Å². The molecular formula is C28H36N2O. The second kappa shape index (κ2) is 10.2. The Labute approximate surface area is 187 Å². The number of phenolic OH excluding ortho intramolecular Hbond substituents is 1. The fraction of sp³-hybridized carbons (Fsp3) is 0.429. The predicted octanol–water partition coefficient (Wildman–Crippen LogP) is 5.80. The highest BCUT2D eigenvalue weighted by molar-refractivity contribution is 5.52. The van der Waals surface area contributed by atoms with E-state index >= 15 is 0 Å². The summed E-state index contributed by atoms with van der Waals surface area (Å²) in [5.74, 6) is 1.24. The molecule has 2 aliphatic carbocycles. The van der Waals surface area contributed by atoms with Crippen molar-refractivity contribution in [1.29, 1.82) is 0 Å². The van der Waals surface area contributed by atoms with Gasteiger partial charge in [0.25, 0.3) is 0 Å². The number of phenols is 1. The summed E-state index contributed by atoms with van der Waals surface area (Å²) < 4.78 is 0. The van der Waals surface area contributed by atoms with E-state index in [9.17, 15) is 5.11 Å². The van der Waals surface area contributed by atoms with Gasteiger partial charge in [-0.3, -0.25) is 0 Å². The third-order valence-corrected chi connectivity index (χ3v) is 6.77. The van der Waals surface area contributed by atoms with E-state index in [2.05, 4.69) is 58.8 Å². The van der Waals surface area contributed by atoms with E-state index in [0.717, 1.165) is 51.9 Å². The fourth-order valence-corrected chi connectivity index (χ4v) is 5.30. The first kappa shape index (κ1) is 21.7. The van der Waals surface area contributed by atoms with Crippen LogP contribution in [0.5, 0.6) is 5.75 Å². The highest BCUT2D eigenvalue weighted by atomic mass is 16.3. The molecule has 3 nitrogen and oxygen atoms in total. The Morgan fingerprint density at radius 1 is 0.968 bits per heavy atom. The number of nitrogens with one attached hydrogen (secondary N) is 1. The van der Waals surface area contributed by atoms with E-state index in [1.165, 1.54) is 28.0 Å². The molecule has 1 heterocycles. The molecule has 164 valence electrons. The third kappa shape index (κ3) is 4.72. The Bertz CT molecular complexity index is 923. The monoisotopic (exact) mass is 416 g/mol. The standard InChI is InChI=1S/C26H30N2O.C2H6/c29-23-11-13-25-21(18-23)8-12-24(19-4-2-1-3-5-19)26(25)20-6-9-22(10-7-20)28-16-14-27-15-17-28;1-2/h2,4-7,9-11,13,18,24,26-27,29H,1,3,8,12,14-17H2;1-2H3. The van der Waals surface area contributed by atoms with Gasteiger partial charge in [-0.05, 0) is 78.1 Å². The zero-order chi connectivity index (χ0) is 21.6. The van der Waals surface area contributed by atoms with Gasteiger partial charge < -0.3 is 15.3 Å². The van der Waals surface area contributed by atoms with Crippen LogP contribution >= 0.6 is 0 Å². The highest BCUT2D eigenvalue weighted by Gasteiger charge is 2.33. The number of hydrogen-bond donors (Lipinski definition) is 2. The van der Waals surface area contributed by atoms with Crippen molar-refractivity contribution < 1.29 is 5.11 Å². The number of benzene rings is 2. The molecule has 1 fully saturated rings. The van der Waals surface area contributed by atoms with E-state index in [-0.39, 0.29) is 0 Å². The van der Waals surface area contributed by atoms with Crippen molar-refractivity contribution >= 4 is 5.69 Å². The molecule has 0 amide bonds. The maximum absolute atomic E-state index is 10.0. The summed E-state index contributed by atoms with van der Waals surface area (Å²) in [5, 5.41) is 13.4. The molecule has 3 heteroatoms. The number of fused-ring (bicyclic) bond motifs is 1. The minimum absolute atomic E-state index is 0.352. The van der Waals surface area contributed by atoms with Crippen LogP contribution in [0.4, 0.5) is 5.69 Å². The minimum atomic E-state index is 0.352. The number of aromatic hydroxyl groups is 1. The molecule has 31 heavy (non-hydrogen) atoms. The van der Waals surface area contributed by atoms with Gasteiger partial charge >= 0.3 is 0 Å². The molecule has 1 aliphatic heterocycles. The van der Waals surface area contributed by atoms with Crippen LogP contribution in [0.3, 0.4) is 0 Å². The van der Waals surface area contributed by atoms with Crippen molar-refractivity contribution in [1.82, 2.24) is 5.32 Å². The molecule has 2 atom stereocenters. The average Bonchev–Trinajstić information content (AvgIpc) is 2.86. The van der Waals surface area contributed by atoms with Crippen LogP contribution in [0.2, 0.25) is 0 Å². The Morgan fingerprint density at radius 2 is 1.74 bits per heavy atom. The molecule has 2 aromatic carbocycles. The van der Waals surface area contributed by atoms with Crippen molar-refractivity contribution in [2.75, 3.05) is 31.1 Å². The summed E-state index contributed by atoms with van der Waals surface area (Å²) in [5.41, 5.74) is 6.89. The lowest BCUT2D eigenvalue weighted by Gasteiger charge is -2.36. The lowest BCUT2D eigenvalue weighted by atomic mass is 9.68. The van der Waals surface area contributed by atoms with E-state index in [1.54, 1.807) is 0 Å². The molecule has 2 unspecified atom stereocenters. The highest BCUT2D eigenvalue weighted by Crippen LogP contribution is 2.46. The van der Waals surface area contributed by atoms with Gasteiger partial charge in [0, 0.05) is 37.8 Å². The lowest BCUT2D eigenvalue weighted by molar-refractivity contribution is 0.457. The smallest absolute Gasteiger partial charge is 0.115 e. The van der Waals surface area contributed by atoms with Gasteiger partial charge in [-0.15, -0.1) is 0 Å². The van der Waals surface area contributed by atoms with E-state index in [4.69, 9.17) is 0 Å². The Morgan fingerprint density at radius 3 is 2.45 bits per heavy atom. The zero-order valence-electron chi connectivity index (χ0n) is 19.0. The van der Waals surface area contributed by atoms with Gasteiger partial charge in [0.05, 0.1) is 0 Å². The quantitative estimate of drug-likeness (QED) is 0.664. The van der Waals surface area contributed by atoms with E-state index in [1.807, 2.05) is 26.0 Å². The molecule has 2 aromatic rings. The summed E-state index contributed by atoms with van der Waals surface area (Å²) in [6.07, 6.45) is 11.6. The summed E-state index contributed by atoms with van der Waals surface area (Å²) in [6, 6.07) is 15.3. The van der Waals surface area contributed by atoms with Crippen molar-refractivity contribution in [3.05, 3.63) is 83.0 Å². The summed E-state index contributed by atoms with van der Waals surface area (Å²) in [6.45, 7) is 8.27. The van der Waals surface area contributed by atoms with Crippen molar-refractivity contribution in [2.24, 2.45) is 5.92 Å². The topological polar surface area (TPSA) is 35.5 Å². The largest absolute Gasteiger partial charge is 0.508 e.